The highest BCUT2D eigenvalue weighted by Gasteiger charge is 2.11. The summed E-state index contributed by atoms with van der Waals surface area (Å²) in [5.74, 6) is 1.84. The van der Waals surface area contributed by atoms with Gasteiger partial charge in [-0.15, -0.1) is 0 Å². The molecule has 26 heavy (non-hydrogen) atoms. The molecule has 0 saturated heterocycles. The molecule has 1 aromatic heterocycles. The molecule has 0 fully saturated rings. The lowest BCUT2D eigenvalue weighted by molar-refractivity contribution is -0.115. The third kappa shape index (κ3) is 4.69. The highest BCUT2D eigenvalue weighted by molar-refractivity contribution is 5.93. The molecule has 1 heterocycles. The molecule has 0 atom stereocenters. The Bertz CT molecular complexity index is 872. The van der Waals surface area contributed by atoms with E-state index in [2.05, 4.69) is 15.5 Å². The van der Waals surface area contributed by atoms with Crippen molar-refractivity contribution in [2.24, 2.45) is 0 Å². The number of hydrogen-bond donors (Lipinski definition) is 1. The smallest absolute Gasteiger partial charge is 0.231 e. The fourth-order valence-corrected chi connectivity index (χ4v) is 2.62. The predicted octanol–water partition coefficient (Wildman–Crippen LogP) is 3.55. The number of carbonyl (C=O) groups excluding carboxylic acids is 1. The molecule has 3 aromatic rings. The minimum Gasteiger partial charge on any atom is -0.494 e. The Hall–Kier alpha value is -3.15. The van der Waals surface area contributed by atoms with Gasteiger partial charge in [0.2, 0.25) is 11.8 Å². The summed E-state index contributed by atoms with van der Waals surface area (Å²) in [6.45, 7) is 4.34. The number of benzene rings is 2. The number of carbonyl (C=O) groups is 1. The van der Waals surface area contributed by atoms with Gasteiger partial charge in [0.15, 0.2) is 5.82 Å². The monoisotopic (exact) mass is 351 g/mol. The van der Waals surface area contributed by atoms with Crippen LogP contribution in [0.3, 0.4) is 0 Å². The SMILES string of the molecule is CCOc1ccc(CC(=O)Nc2ccccc2Cc2nc(C)no2)cc1. The molecule has 1 N–H and O–H groups in total. The second-order valence-corrected chi connectivity index (χ2v) is 5.87. The van der Waals surface area contributed by atoms with Gasteiger partial charge in [-0.1, -0.05) is 35.5 Å². The van der Waals surface area contributed by atoms with Crippen molar-refractivity contribution < 1.29 is 14.1 Å². The van der Waals surface area contributed by atoms with E-state index in [0.29, 0.717) is 31.2 Å². The highest BCUT2D eigenvalue weighted by atomic mass is 16.5. The number of nitrogens with one attached hydrogen (secondary N) is 1. The first-order valence-corrected chi connectivity index (χ1v) is 8.52. The van der Waals surface area contributed by atoms with Crippen molar-refractivity contribution in [3.8, 4) is 5.75 Å². The Morgan fingerprint density at radius 3 is 2.62 bits per heavy atom. The summed E-state index contributed by atoms with van der Waals surface area (Å²) >= 11 is 0. The number of nitrogens with zero attached hydrogens (tertiary/aromatic N) is 2. The Morgan fingerprint density at radius 1 is 1.15 bits per heavy atom. The Morgan fingerprint density at radius 2 is 1.92 bits per heavy atom. The van der Waals surface area contributed by atoms with Crippen LogP contribution in [0.25, 0.3) is 0 Å². The Balaban J connectivity index is 1.65. The molecule has 2 aromatic carbocycles. The minimum absolute atomic E-state index is 0.0803. The van der Waals surface area contributed by atoms with E-state index < -0.39 is 0 Å². The predicted molar refractivity (Wildman–Crippen MR) is 98.2 cm³/mol. The summed E-state index contributed by atoms with van der Waals surface area (Å²) in [5, 5.41) is 6.76. The van der Waals surface area contributed by atoms with E-state index in [1.807, 2.05) is 55.5 Å². The number of aryl methyl sites for hydroxylation is 1. The van der Waals surface area contributed by atoms with Crippen LogP contribution in [0, 0.1) is 6.92 Å². The molecule has 0 spiro atoms. The van der Waals surface area contributed by atoms with E-state index in [1.54, 1.807) is 6.92 Å². The molecule has 0 aliphatic carbocycles. The summed E-state index contributed by atoms with van der Waals surface area (Å²) in [6.07, 6.45) is 0.765. The van der Waals surface area contributed by atoms with Gasteiger partial charge in [0.25, 0.3) is 0 Å². The van der Waals surface area contributed by atoms with Crippen LogP contribution < -0.4 is 10.1 Å². The van der Waals surface area contributed by atoms with Gasteiger partial charge >= 0.3 is 0 Å². The average Bonchev–Trinajstić information content (AvgIpc) is 3.03. The van der Waals surface area contributed by atoms with E-state index in [0.717, 1.165) is 22.6 Å². The summed E-state index contributed by atoms with van der Waals surface area (Å²) < 4.78 is 10.6. The van der Waals surface area contributed by atoms with E-state index in [-0.39, 0.29) is 5.91 Å². The lowest BCUT2D eigenvalue weighted by Gasteiger charge is -2.10. The second kappa shape index (κ2) is 8.29. The summed E-state index contributed by atoms with van der Waals surface area (Å²) in [5.41, 5.74) is 2.60. The fraction of sp³-hybridized carbons (Fsp3) is 0.250. The van der Waals surface area contributed by atoms with Crippen molar-refractivity contribution in [3.05, 3.63) is 71.4 Å². The number of amides is 1. The molecular formula is C20H21N3O3. The molecule has 0 saturated carbocycles. The van der Waals surface area contributed by atoms with Crippen LogP contribution in [0.15, 0.2) is 53.1 Å². The van der Waals surface area contributed by atoms with Gasteiger partial charge in [-0.3, -0.25) is 4.79 Å². The fourth-order valence-electron chi connectivity index (χ4n) is 2.62. The van der Waals surface area contributed by atoms with Crippen LogP contribution in [-0.4, -0.2) is 22.7 Å². The van der Waals surface area contributed by atoms with Gasteiger partial charge < -0.3 is 14.6 Å². The third-order valence-corrected chi connectivity index (χ3v) is 3.80. The first-order chi connectivity index (χ1) is 12.6. The van der Waals surface area contributed by atoms with Crippen molar-refractivity contribution in [1.82, 2.24) is 10.1 Å². The molecule has 1 amide bonds. The van der Waals surface area contributed by atoms with Crippen LogP contribution in [0.4, 0.5) is 5.69 Å². The molecule has 0 radical (unpaired) electrons. The molecule has 0 aliphatic heterocycles. The first kappa shape index (κ1) is 17.7. The van der Waals surface area contributed by atoms with Crippen molar-refractivity contribution in [2.75, 3.05) is 11.9 Å². The quantitative estimate of drug-likeness (QED) is 0.704. The van der Waals surface area contributed by atoms with Crippen LogP contribution >= 0.6 is 0 Å². The molecule has 0 unspecified atom stereocenters. The number of anilines is 1. The maximum atomic E-state index is 12.4. The zero-order chi connectivity index (χ0) is 18.4. The number of rotatable bonds is 7. The van der Waals surface area contributed by atoms with Crippen molar-refractivity contribution in [2.45, 2.75) is 26.7 Å². The zero-order valence-corrected chi connectivity index (χ0v) is 14.9. The van der Waals surface area contributed by atoms with Gasteiger partial charge in [-0.2, -0.15) is 4.98 Å². The Labute approximate surface area is 152 Å². The molecule has 0 aliphatic rings. The zero-order valence-electron chi connectivity index (χ0n) is 14.9. The Kier molecular flexibility index (Phi) is 5.63. The van der Waals surface area contributed by atoms with Crippen LogP contribution in [0.2, 0.25) is 0 Å². The van der Waals surface area contributed by atoms with E-state index in [4.69, 9.17) is 9.26 Å². The summed E-state index contributed by atoms with van der Waals surface area (Å²) in [4.78, 5) is 16.6. The van der Waals surface area contributed by atoms with Crippen molar-refractivity contribution >= 4 is 11.6 Å². The highest BCUT2D eigenvalue weighted by Crippen LogP contribution is 2.19. The maximum Gasteiger partial charge on any atom is 0.231 e. The average molecular weight is 351 g/mol. The standard InChI is InChI=1S/C20H21N3O3/c1-3-25-17-10-8-15(9-11-17)12-19(24)22-18-7-5-4-6-16(18)13-20-21-14(2)23-26-20/h4-11H,3,12-13H2,1-2H3,(H,22,24). The largest absolute Gasteiger partial charge is 0.494 e. The number of para-hydroxylation sites is 1. The van der Waals surface area contributed by atoms with Gasteiger partial charge in [0, 0.05) is 5.69 Å². The van der Waals surface area contributed by atoms with E-state index >= 15 is 0 Å². The topological polar surface area (TPSA) is 77.2 Å². The van der Waals surface area contributed by atoms with Gasteiger partial charge in [-0.05, 0) is 43.2 Å². The molecule has 6 heteroatoms. The summed E-state index contributed by atoms with van der Waals surface area (Å²) in [6, 6.07) is 15.2. The molecule has 3 rings (SSSR count). The lowest BCUT2D eigenvalue weighted by atomic mass is 10.1. The molecular weight excluding hydrogens is 330 g/mol. The van der Waals surface area contributed by atoms with Gasteiger partial charge in [0.1, 0.15) is 5.75 Å². The van der Waals surface area contributed by atoms with E-state index in [1.165, 1.54) is 0 Å². The second-order valence-electron chi connectivity index (χ2n) is 5.87. The van der Waals surface area contributed by atoms with Gasteiger partial charge in [0.05, 0.1) is 19.4 Å². The third-order valence-electron chi connectivity index (χ3n) is 3.80. The normalized spacial score (nSPS) is 10.5. The van der Waals surface area contributed by atoms with Crippen LogP contribution in [0.5, 0.6) is 5.75 Å². The van der Waals surface area contributed by atoms with Crippen molar-refractivity contribution in [3.63, 3.8) is 0 Å². The number of aromatic nitrogens is 2. The first-order valence-electron chi connectivity index (χ1n) is 8.52. The molecule has 6 nitrogen and oxygen atoms in total. The number of hydrogen-bond acceptors (Lipinski definition) is 5. The maximum absolute atomic E-state index is 12.4. The molecule has 134 valence electrons. The lowest BCUT2D eigenvalue weighted by Crippen LogP contribution is -2.15. The van der Waals surface area contributed by atoms with Crippen LogP contribution in [-0.2, 0) is 17.6 Å². The minimum atomic E-state index is -0.0803. The van der Waals surface area contributed by atoms with Crippen LogP contribution in [0.1, 0.15) is 29.8 Å². The molecule has 0 bridgehead atoms. The summed E-state index contributed by atoms with van der Waals surface area (Å²) in [7, 11) is 0. The van der Waals surface area contributed by atoms with Crippen molar-refractivity contribution in [1.29, 1.82) is 0 Å². The van der Waals surface area contributed by atoms with E-state index in [9.17, 15) is 4.79 Å². The number of ether oxygens (including phenoxy) is 1. The van der Waals surface area contributed by atoms with Gasteiger partial charge in [-0.25, -0.2) is 0 Å².